The lowest BCUT2D eigenvalue weighted by Crippen LogP contribution is -2.37. The van der Waals surface area contributed by atoms with Crippen molar-refractivity contribution in [2.75, 3.05) is 7.05 Å². The minimum Gasteiger partial charge on any atom is -0.393 e. The van der Waals surface area contributed by atoms with Gasteiger partial charge in [-0.15, -0.1) is 0 Å². The number of carbonyl (C=O) groups is 1. The third-order valence-electron chi connectivity index (χ3n) is 3.34. The predicted molar refractivity (Wildman–Crippen MR) is 84.7 cm³/mol. The second-order valence-corrected chi connectivity index (χ2v) is 5.34. The van der Waals surface area contributed by atoms with Crippen LogP contribution in [0.1, 0.15) is 23.7 Å². The van der Waals surface area contributed by atoms with Gasteiger partial charge in [-0.05, 0) is 19.1 Å². The van der Waals surface area contributed by atoms with E-state index in [1.54, 1.807) is 24.2 Å². The third kappa shape index (κ3) is 2.93. The van der Waals surface area contributed by atoms with Crippen LogP contribution in [-0.4, -0.2) is 33.9 Å². The van der Waals surface area contributed by atoms with Crippen LogP contribution in [0, 0.1) is 0 Å². The number of nitrogens with zero attached hydrogens (tertiary/aromatic N) is 2. The minimum absolute atomic E-state index is 0.0426. The van der Waals surface area contributed by atoms with E-state index in [0.29, 0.717) is 17.0 Å². The van der Waals surface area contributed by atoms with Crippen molar-refractivity contribution in [1.29, 1.82) is 0 Å². The fourth-order valence-corrected chi connectivity index (χ4v) is 2.34. The average Bonchev–Trinajstić information content (AvgIpc) is 2.44. The second-order valence-electron chi connectivity index (χ2n) is 4.82. The normalized spacial score (nSPS) is 12.1. The van der Waals surface area contributed by atoms with Crippen molar-refractivity contribution >= 4 is 34.0 Å². The van der Waals surface area contributed by atoms with E-state index in [1.807, 2.05) is 31.2 Å². The molecule has 1 aromatic carbocycles. The highest BCUT2D eigenvalue weighted by Gasteiger charge is 2.20. The van der Waals surface area contributed by atoms with E-state index >= 15 is 0 Å². The van der Waals surface area contributed by atoms with Crippen molar-refractivity contribution in [3.8, 4) is 0 Å². The molecule has 0 aliphatic carbocycles. The van der Waals surface area contributed by atoms with Gasteiger partial charge in [0.2, 0.25) is 0 Å². The lowest BCUT2D eigenvalue weighted by molar-refractivity contribution is 0.0750. The van der Waals surface area contributed by atoms with Crippen molar-refractivity contribution in [3.63, 3.8) is 0 Å². The van der Waals surface area contributed by atoms with Gasteiger partial charge in [0, 0.05) is 31.1 Å². The summed E-state index contributed by atoms with van der Waals surface area (Å²) in [5.41, 5.74) is 6.86. The molecule has 1 unspecified atom stereocenters. The first-order valence-corrected chi connectivity index (χ1v) is 6.80. The molecule has 2 aromatic rings. The summed E-state index contributed by atoms with van der Waals surface area (Å²) in [5, 5.41) is 0.953. The molecule has 0 fully saturated rings. The average molecular weight is 287 g/mol. The Morgan fingerprint density at radius 1 is 1.40 bits per heavy atom. The Morgan fingerprint density at radius 2 is 2.10 bits per heavy atom. The zero-order valence-corrected chi connectivity index (χ0v) is 12.4. The monoisotopic (exact) mass is 287 g/mol. The first kappa shape index (κ1) is 14.4. The van der Waals surface area contributed by atoms with E-state index in [2.05, 4.69) is 4.98 Å². The van der Waals surface area contributed by atoms with Crippen LogP contribution in [0.3, 0.4) is 0 Å². The first-order valence-electron chi connectivity index (χ1n) is 6.40. The van der Waals surface area contributed by atoms with Gasteiger partial charge in [-0.2, -0.15) is 0 Å². The first-order chi connectivity index (χ1) is 9.50. The summed E-state index contributed by atoms with van der Waals surface area (Å²) in [5.74, 6) is -0.0712. The predicted octanol–water partition coefficient (Wildman–Crippen LogP) is 2.37. The molecule has 0 radical (unpaired) electrons. The van der Waals surface area contributed by atoms with Gasteiger partial charge < -0.3 is 10.6 Å². The number of carbonyl (C=O) groups excluding carboxylic acids is 1. The van der Waals surface area contributed by atoms with E-state index in [1.165, 1.54) is 0 Å². The van der Waals surface area contributed by atoms with Gasteiger partial charge >= 0.3 is 0 Å². The molecule has 0 bridgehead atoms. The fraction of sp³-hybridized carbons (Fsp3) is 0.267. The largest absolute Gasteiger partial charge is 0.393 e. The van der Waals surface area contributed by atoms with Crippen LogP contribution in [0.15, 0.2) is 36.5 Å². The number of thiocarbonyl (C=S) groups is 1. The van der Waals surface area contributed by atoms with Crippen LogP contribution in [0.2, 0.25) is 0 Å². The molecule has 104 valence electrons. The molecule has 0 spiro atoms. The molecule has 2 rings (SSSR count). The number of para-hydroxylation sites is 1. The van der Waals surface area contributed by atoms with Crippen molar-refractivity contribution in [3.05, 3.63) is 42.1 Å². The number of benzene rings is 1. The maximum atomic E-state index is 12.6. The number of hydrogen-bond donors (Lipinski definition) is 1. The number of nitrogens with two attached hydrogens (primary N) is 1. The van der Waals surface area contributed by atoms with Gasteiger partial charge in [0.25, 0.3) is 5.91 Å². The third-order valence-corrected chi connectivity index (χ3v) is 3.51. The van der Waals surface area contributed by atoms with Crippen molar-refractivity contribution in [2.24, 2.45) is 5.73 Å². The van der Waals surface area contributed by atoms with Crippen LogP contribution < -0.4 is 5.73 Å². The molecule has 0 saturated heterocycles. The summed E-state index contributed by atoms with van der Waals surface area (Å²) in [7, 11) is 1.76. The fourth-order valence-electron chi connectivity index (χ4n) is 2.10. The van der Waals surface area contributed by atoms with E-state index in [-0.39, 0.29) is 11.9 Å². The molecule has 5 heteroatoms. The van der Waals surface area contributed by atoms with Gasteiger partial charge in [-0.25, -0.2) is 0 Å². The van der Waals surface area contributed by atoms with Gasteiger partial charge in [0.15, 0.2) is 0 Å². The van der Waals surface area contributed by atoms with E-state index in [9.17, 15) is 4.79 Å². The van der Waals surface area contributed by atoms with E-state index in [4.69, 9.17) is 18.0 Å². The molecule has 4 nitrogen and oxygen atoms in total. The van der Waals surface area contributed by atoms with Crippen LogP contribution >= 0.6 is 12.2 Å². The zero-order chi connectivity index (χ0) is 14.7. The van der Waals surface area contributed by atoms with Crippen molar-refractivity contribution in [2.45, 2.75) is 19.4 Å². The molecular formula is C15H17N3OS. The van der Waals surface area contributed by atoms with Crippen molar-refractivity contribution < 1.29 is 4.79 Å². The summed E-state index contributed by atoms with van der Waals surface area (Å²) in [6.45, 7) is 1.93. The molecule has 0 aliphatic heterocycles. The lowest BCUT2D eigenvalue weighted by Gasteiger charge is -2.25. The maximum absolute atomic E-state index is 12.6. The highest BCUT2D eigenvalue weighted by Crippen LogP contribution is 2.18. The summed E-state index contributed by atoms with van der Waals surface area (Å²) in [6, 6.07) is 9.36. The van der Waals surface area contributed by atoms with Gasteiger partial charge in [0.1, 0.15) is 0 Å². The lowest BCUT2D eigenvalue weighted by atomic mass is 10.1. The van der Waals surface area contributed by atoms with Crippen LogP contribution in [-0.2, 0) is 0 Å². The Bertz CT molecular complexity index is 651. The Hall–Kier alpha value is -2.01. The summed E-state index contributed by atoms with van der Waals surface area (Å²) in [4.78, 5) is 19.0. The maximum Gasteiger partial charge on any atom is 0.256 e. The Morgan fingerprint density at radius 3 is 2.80 bits per heavy atom. The zero-order valence-electron chi connectivity index (χ0n) is 11.5. The van der Waals surface area contributed by atoms with Gasteiger partial charge in [0.05, 0.1) is 16.1 Å². The number of pyridine rings is 1. The number of hydrogen-bond acceptors (Lipinski definition) is 3. The Kier molecular flexibility index (Phi) is 4.29. The molecule has 20 heavy (non-hydrogen) atoms. The highest BCUT2D eigenvalue weighted by molar-refractivity contribution is 7.80. The molecule has 1 atom stereocenters. The Balaban J connectivity index is 2.34. The molecule has 1 heterocycles. The SMILES string of the molecule is CC(CC(N)=S)N(C)C(=O)c1cccc2cccnc12. The molecular weight excluding hydrogens is 270 g/mol. The van der Waals surface area contributed by atoms with Crippen molar-refractivity contribution in [1.82, 2.24) is 9.88 Å². The molecule has 1 amide bonds. The number of aromatic nitrogens is 1. The second kappa shape index (κ2) is 5.96. The molecule has 0 aliphatic rings. The number of rotatable bonds is 4. The number of fused-ring (bicyclic) bond motifs is 1. The number of amides is 1. The smallest absolute Gasteiger partial charge is 0.256 e. The van der Waals surface area contributed by atoms with Crippen LogP contribution in [0.25, 0.3) is 10.9 Å². The quantitative estimate of drug-likeness (QED) is 0.877. The standard InChI is InChI=1S/C15H17N3OS/c1-10(9-13(16)20)18(2)15(19)12-7-3-5-11-6-4-8-17-14(11)12/h3-8,10H,9H2,1-2H3,(H2,16,20). The highest BCUT2D eigenvalue weighted by atomic mass is 32.1. The molecule has 2 N–H and O–H groups in total. The minimum atomic E-state index is -0.0712. The topological polar surface area (TPSA) is 59.2 Å². The summed E-state index contributed by atoms with van der Waals surface area (Å²) in [6.07, 6.45) is 2.20. The molecule has 0 saturated carbocycles. The summed E-state index contributed by atoms with van der Waals surface area (Å²) >= 11 is 4.90. The van der Waals surface area contributed by atoms with E-state index < -0.39 is 0 Å². The molecule has 1 aromatic heterocycles. The van der Waals surface area contributed by atoms with Gasteiger partial charge in [-0.3, -0.25) is 9.78 Å². The van der Waals surface area contributed by atoms with Crippen LogP contribution in [0.5, 0.6) is 0 Å². The van der Waals surface area contributed by atoms with Crippen LogP contribution in [0.4, 0.5) is 0 Å². The van der Waals surface area contributed by atoms with Gasteiger partial charge in [-0.1, -0.05) is 30.4 Å². The van der Waals surface area contributed by atoms with E-state index in [0.717, 1.165) is 10.9 Å². The Labute approximate surface area is 123 Å². The summed E-state index contributed by atoms with van der Waals surface area (Å²) < 4.78 is 0.